The molecule has 0 aliphatic heterocycles. The second kappa shape index (κ2) is 6.11. The molecule has 1 heterocycles. The second-order valence-electron chi connectivity index (χ2n) is 3.65. The van der Waals surface area contributed by atoms with Crippen molar-refractivity contribution in [3.8, 4) is 5.75 Å². The van der Waals surface area contributed by atoms with Crippen LogP contribution in [-0.4, -0.2) is 12.1 Å². The standard InChI is InChI=1S/C13H13BrN2OS/c1-17-12-7-10(15)5-4-9(12)8-18-13-11(14)3-2-6-16-13/h2-7H,8,15H2,1H3. The predicted octanol–water partition coefficient (Wildman–Crippen LogP) is 3.73. The summed E-state index contributed by atoms with van der Waals surface area (Å²) in [6.07, 6.45) is 1.79. The number of nitrogen functional groups attached to an aromatic ring is 1. The molecule has 2 N–H and O–H groups in total. The number of anilines is 1. The van der Waals surface area contributed by atoms with Crippen molar-refractivity contribution in [1.29, 1.82) is 0 Å². The molecule has 0 aliphatic rings. The number of hydrogen-bond acceptors (Lipinski definition) is 4. The van der Waals surface area contributed by atoms with E-state index in [-0.39, 0.29) is 0 Å². The van der Waals surface area contributed by atoms with Crippen molar-refractivity contribution in [1.82, 2.24) is 4.98 Å². The summed E-state index contributed by atoms with van der Waals surface area (Å²) in [7, 11) is 1.65. The molecule has 0 aliphatic carbocycles. The molecule has 0 radical (unpaired) electrons. The molecule has 0 fully saturated rings. The number of thioether (sulfide) groups is 1. The molecule has 3 nitrogen and oxygen atoms in total. The van der Waals surface area contributed by atoms with Gasteiger partial charge in [-0.15, -0.1) is 11.8 Å². The molecular formula is C13H13BrN2OS. The smallest absolute Gasteiger partial charge is 0.124 e. The third-order valence-electron chi connectivity index (χ3n) is 2.40. The average molecular weight is 325 g/mol. The number of halogens is 1. The minimum Gasteiger partial charge on any atom is -0.496 e. The van der Waals surface area contributed by atoms with Crippen LogP contribution in [-0.2, 0) is 5.75 Å². The van der Waals surface area contributed by atoms with Crippen molar-refractivity contribution in [2.45, 2.75) is 10.8 Å². The molecule has 0 spiro atoms. The van der Waals surface area contributed by atoms with Crippen LogP contribution in [0.1, 0.15) is 5.56 Å². The number of rotatable bonds is 4. The summed E-state index contributed by atoms with van der Waals surface area (Å²) in [6, 6.07) is 9.58. The highest BCUT2D eigenvalue weighted by Gasteiger charge is 2.06. The Kier molecular flexibility index (Phi) is 4.49. The van der Waals surface area contributed by atoms with Crippen LogP contribution in [0.5, 0.6) is 5.75 Å². The van der Waals surface area contributed by atoms with Gasteiger partial charge in [0.15, 0.2) is 0 Å². The first-order valence-corrected chi connectivity index (χ1v) is 7.14. The molecular weight excluding hydrogens is 312 g/mol. The van der Waals surface area contributed by atoms with Gasteiger partial charge in [0.25, 0.3) is 0 Å². The molecule has 0 saturated heterocycles. The van der Waals surface area contributed by atoms with E-state index in [1.807, 2.05) is 30.3 Å². The summed E-state index contributed by atoms with van der Waals surface area (Å²) in [6.45, 7) is 0. The van der Waals surface area contributed by atoms with Gasteiger partial charge in [-0.1, -0.05) is 6.07 Å². The number of nitrogens with two attached hydrogens (primary N) is 1. The van der Waals surface area contributed by atoms with E-state index in [0.29, 0.717) is 5.69 Å². The van der Waals surface area contributed by atoms with Gasteiger partial charge in [0.2, 0.25) is 0 Å². The van der Waals surface area contributed by atoms with Crippen molar-refractivity contribution in [2.24, 2.45) is 0 Å². The molecule has 0 atom stereocenters. The Labute approximate surface area is 119 Å². The summed E-state index contributed by atoms with van der Waals surface area (Å²) in [4.78, 5) is 4.32. The maximum atomic E-state index is 5.73. The van der Waals surface area contributed by atoms with Gasteiger partial charge in [0.05, 0.1) is 7.11 Å². The van der Waals surface area contributed by atoms with Gasteiger partial charge >= 0.3 is 0 Å². The monoisotopic (exact) mass is 324 g/mol. The zero-order valence-electron chi connectivity index (χ0n) is 9.89. The van der Waals surface area contributed by atoms with Crippen LogP contribution in [0.2, 0.25) is 0 Å². The Bertz CT molecular complexity index is 548. The molecule has 94 valence electrons. The molecule has 18 heavy (non-hydrogen) atoms. The topological polar surface area (TPSA) is 48.1 Å². The number of benzene rings is 1. The lowest BCUT2D eigenvalue weighted by Gasteiger charge is -2.09. The van der Waals surface area contributed by atoms with E-state index in [1.165, 1.54) is 0 Å². The molecule has 2 rings (SSSR count). The van der Waals surface area contributed by atoms with Crippen molar-refractivity contribution >= 4 is 33.4 Å². The Morgan fingerprint density at radius 2 is 2.22 bits per heavy atom. The summed E-state index contributed by atoms with van der Waals surface area (Å²) >= 11 is 5.14. The quantitative estimate of drug-likeness (QED) is 0.687. The van der Waals surface area contributed by atoms with E-state index in [0.717, 1.165) is 26.6 Å². The normalized spacial score (nSPS) is 10.3. The van der Waals surface area contributed by atoms with E-state index in [1.54, 1.807) is 25.1 Å². The summed E-state index contributed by atoms with van der Waals surface area (Å²) in [5.41, 5.74) is 7.54. The van der Waals surface area contributed by atoms with Gasteiger partial charge in [-0.25, -0.2) is 4.98 Å². The van der Waals surface area contributed by atoms with Gasteiger partial charge in [-0.3, -0.25) is 0 Å². The highest BCUT2D eigenvalue weighted by Crippen LogP contribution is 2.31. The lowest BCUT2D eigenvalue weighted by molar-refractivity contribution is 0.411. The van der Waals surface area contributed by atoms with Crippen molar-refractivity contribution in [3.63, 3.8) is 0 Å². The molecule has 0 bridgehead atoms. The van der Waals surface area contributed by atoms with Gasteiger partial charge in [0.1, 0.15) is 10.8 Å². The second-order valence-corrected chi connectivity index (χ2v) is 5.47. The van der Waals surface area contributed by atoms with Crippen LogP contribution < -0.4 is 10.5 Å². The first kappa shape index (κ1) is 13.2. The lowest BCUT2D eigenvalue weighted by atomic mass is 10.2. The molecule has 0 saturated carbocycles. The largest absolute Gasteiger partial charge is 0.496 e. The Balaban J connectivity index is 2.13. The van der Waals surface area contributed by atoms with E-state index in [9.17, 15) is 0 Å². The maximum Gasteiger partial charge on any atom is 0.124 e. The first-order valence-electron chi connectivity index (χ1n) is 5.36. The van der Waals surface area contributed by atoms with Crippen LogP contribution in [0, 0.1) is 0 Å². The fraction of sp³-hybridized carbons (Fsp3) is 0.154. The van der Waals surface area contributed by atoms with Crippen molar-refractivity contribution in [3.05, 3.63) is 46.6 Å². The Morgan fingerprint density at radius 3 is 2.94 bits per heavy atom. The minimum atomic E-state index is 0.708. The number of hydrogen-bond donors (Lipinski definition) is 1. The average Bonchev–Trinajstić information content (AvgIpc) is 2.39. The van der Waals surface area contributed by atoms with E-state index in [2.05, 4.69) is 20.9 Å². The third-order valence-corrected chi connectivity index (χ3v) is 4.36. The third kappa shape index (κ3) is 3.17. The Hall–Kier alpha value is -1.20. The highest BCUT2D eigenvalue weighted by atomic mass is 79.9. The molecule has 5 heteroatoms. The molecule has 1 aromatic carbocycles. The van der Waals surface area contributed by atoms with Gasteiger partial charge in [-0.2, -0.15) is 0 Å². The Morgan fingerprint density at radius 1 is 1.39 bits per heavy atom. The van der Waals surface area contributed by atoms with Gasteiger partial charge < -0.3 is 10.5 Å². The zero-order valence-corrected chi connectivity index (χ0v) is 12.3. The highest BCUT2D eigenvalue weighted by molar-refractivity contribution is 9.10. The van der Waals surface area contributed by atoms with Crippen molar-refractivity contribution < 1.29 is 4.74 Å². The summed E-state index contributed by atoms with van der Waals surface area (Å²) < 4.78 is 6.32. The fourth-order valence-electron chi connectivity index (χ4n) is 1.50. The van der Waals surface area contributed by atoms with Gasteiger partial charge in [-0.05, 0) is 34.1 Å². The molecule has 2 aromatic rings. The van der Waals surface area contributed by atoms with E-state index in [4.69, 9.17) is 10.5 Å². The molecule has 0 unspecified atom stereocenters. The molecule has 0 amide bonds. The predicted molar refractivity (Wildman–Crippen MR) is 78.9 cm³/mol. The zero-order chi connectivity index (χ0) is 13.0. The van der Waals surface area contributed by atoms with Gasteiger partial charge in [0, 0.05) is 33.7 Å². The number of nitrogens with zero attached hydrogens (tertiary/aromatic N) is 1. The van der Waals surface area contributed by atoms with Crippen LogP contribution in [0.25, 0.3) is 0 Å². The van der Waals surface area contributed by atoms with Crippen LogP contribution in [0.3, 0.4) is 0 Å². The maximum absolute atomic E-state index is 5.73. The van der Waals surface area contributed by atoms with Crippen LogP contribution in [0.15, 0.2) is 46.0 Å². The lowest BCUT2D eigenvalue weighted by Crippen LogP contribution is -1.93. The van der Waals surface area contributed by atoms with Crippen LogP contribution in [0.4, 0.5) is 5.69 Å². The summed E-state index contributed by atoms with van der Waals surface area (Å²) in [5.74, 6) is 1.61. The van der Waals surface area contributed by atoms with E-state index < -0.39 is 0 Å². The number of aromatic nitrogens is 1. The first-order chi connectivity index (χ1) is 8.70. The van der Waals surface area contributed by atoms with Crippen LogP contribution >= 0.6 is 27.7 Å². The minimum absolute atomic E-state index is 0.708. The summed E-state index contributed by atoms with van der Waals surface area (Å²) in [5, 5.41) is 0.969. The van der Waals surface area contributed by atoms with E-state index >= 15 is 0 Å². The SMILES string of the molecule is COc1cc(N)ccc1CSc1ncccc1Br. The van der Waals surface area contributed by atoms with Crippen molar-refractivity contribution in [2.75, 3.05) is 12.8 Å². The number of pyridine rings is 1. The number of methoxy groups -OCH3 is 1. The number of ether oxygens (including phenoxy) is 1. The fourth-order valence-corrected chi connectivity index (χ4v) is 2.97. The molecule has 1 aromatic heterocycles.